The highest BCUT2D eigenvalue weighted by Crippen LogP contribution is 2.28. The zero-order chi connectivity index (χ0) is 21.0. The number of aromatic nitrogens is 2. The first-order valence-corrected chi connectivity index (χ1v) is 10.4. The lowest BCUT2D eigenvalue weighted by Gasteiger charge is -2.37. The summed E-state index contributed by atoms with van der Waals surface area (Å²) < 4.78 is 15.8. The summed E-state index contributed by atoms with van der Waals surface area (Å²) in [7, 11) is 0. The summed E-state index contributed by atoms with van der Waals surface area (Å²) in [6.07, 6.45) is 0.339. The number of likely N-dealkylation sites (N-methyl/N-ethyl adjacent to an activating group) is 1. The minimum Gasteiger partial charge on any atom is -0.369 e. The van der Waals surface area contributed by atoms with Crippen LogP contribution in [0, 0.1) is 19.7 Å². The van der Waals surface area contributed by atoms with Gasteiger partial charge in [-0.25, -0.2) is 4.39 Å². The second-order valence-corrected chi connectivity index (χ2v) is 7.81. The van der Waals surface area contributed by atoms with Gasteiger partial charge in [-0.3, -0.25) is 9.48 Å². The Morgan fingerprint density at radius 3 is 2.55 bits per heavy atom. The van der Waals surface area contributed by atoms with Crippen LogP contribution in [0.5, 0.6) is 0 Å². The first-order chi connectivity index (χ1) is 13.9. The van der Waals surface area contributed by atoms with Crippen molar-refractivity contribution in [2.45, 2.75) is 46.7 Å². The Kier molecular flexibility index (Phi) is 6.90. The summed E-state index contributed by atoms with van der Waals surface area (Å²) in [5.41, 5.74) is 3.83. The zero-order valence-corrected chi connectivity index (χ0v) is 17.9. The van der Waals surface area contributed by atoms with E-state index in [1.54, 1.807) is 6.07 Å². The van der Waals surface area contributed by atoms with Crippen molar-refractivity contribution in [3.8, 4) is 0 Å². The highest BCUT2D eigenvalue weighted by molar-refractivity contribution is 5.76. The highest BCUT2D eigenvalue weighted by atomic mass is 19.1. The van der Waals surface area contributed by atoms with Crippen LogP contribution in [0.4, 0.5) is 10.1 Å². The average molecular weight is 402 g/mol. The second kappa shape index (κ2) is 9.39. The normalized spacial score (nSPS) is 16.1. The van der Waals surface area contributed by atoms with Gasteiger partial charge in [-0.05, 0) is 51.6 Å². The van der Waals surface area contributed by atoms with E-state index in [1.165, 1.54) is 6.07 Å². The van der Waals surface area contributed by atoms with Gasteiger partial charge in [0.2, 0.25) is 5.91 Å². The summed E-state index contributed by atoms with van der Waals surface area (Å²) in [6, 6.07) is 6.62. The quantitative estimate of drug-likeness (QED) is 0.775. The number of halogens is 1. The van der Waals surface area contributed by atoms with Crippen LogP contribution in [0.2, 0.25) is 0 Å². The van der Waals surface area contributed by atoms with Gasteiger partial charge >= 0.3 is 0 Å². The van der Waals surface area contributed by atoms with Gasteiger partial charge in [0.25, 0.3) is 0 Å². The molecular weight excluding hydrogens is 369 g/mol. The summed E-state index contributed by atoms with van der Waals surface area (Å²) in [4.78, 5) is 17.2. The van der Waals surface area contributed by atoms with E-state index in [-0.39, 0.29) is 17.8 Å². The topological polar surface area (TPSA) is 53.4 Å². The number of carbonyl (C=O) groups excluding carboxylic acids is 1. The lowest BCUT2D eigenvalue weighted by atomic mass is 10.0. The Hall–Kier alpha value is -2.41. The number of benzene rings is 1. The number of anilines is 1. The lowest BCUT2D eigenvalue weighted by molar-refractivity contribution is -0.122. The molecule has 3 rings (SSSR count). The largest absolute Gasteiger partial charge is 0.369 e. The van der Waals surface area contributed by atoms with Crippen LogP contribution >= 0.6 is 0 Å². The average Bonchev–Trinajstić information content (AvgIpc) is 3.03. The van der Waals surface area contributed by atoms with Gasteiger partial charge in [0.15, 0.2) is 0 Å². The Bertz CT molecular complexity index is 842. The molecule has 0 radical (unpaired) electrons. The van der Waals surface area contributed by atoms with Crippen molar-refractivity contribution in [1.29, 1.82) is 0 Å². The predicted molar refractivity (Wildman–Crippen MR) is 114 cm³/mol. The number of nitrogens with one attached hydrogen (secondary N) is 1. The molecule has 1 atom stereocenters. The molecule has 1 amide bonds. The smallest absolute Gasteiger partial charge is 0.222 e. The molecule has 29 heavy (non-hydrogen) atoms. The molecule has 1 saturated heterocycles. The third-order valence-electron chi connectivity index (χ3n) is 5.65. The number of rotatable bonds is 7. The number of amides is 1. The Labute approximate surface area is 172 Å². The van der Waals surface area contributed by atoms with E-state index in [9.17, 15) is 9.18 Å². The third kappa shape index (κ3) is 5.35. The van der Waals surface area contributed by atoms with Crippen molar-refractivity contribution in [2.75, 3.05) is 37.6 Å². The van der Waals surface area contributed by atoms with E-state index >= 15 is 0 Å². The fourth-order valence-electron chi connectivity index (χ4n) is 3.97. The van der Waals surface area contributed by atoms with Gasteiger partial charge in [-0.1, -0.05) is 6.92 Å². The number of piperazine rings is 1. The van der Waals surface area contributed by atoms with E-state index in [1.807, 2.05) is 37.6 Å². The maximum atomic E-state index is 14.0. The number of nitrogens with zero attached hydrogens (tertiary/aromatic N) is 4. The highest BCUT2D eigenvalue weighted by Gasteiger charge is 2.22. The number of hydrogen-bond acceptors (Lipinski definition) is 4. The van der Waals surface area contributed by atoms with Crippen molar-refractivity contribution < 1.29 is 9.18 Å². The molecule has 1 aromatic carbocycles. The zero-order valence-electron chi connectivity index (χ0n) is 17.9. The molecular formula is C22H32FN5O. The Morgan fingerprint density at radius 1 is 1.21 bits per heavy atom. The molecule has 7 heteroatoms. The maximum absolute atomic E-state index is 14.0. The van der Waals surface area contributed by atoms with E-state index in [4.69, 9.17) is 0 Å². The van der Waals surface area contributed by atoms with Crippen molar-refractivity contribution in [3.05, 3.63) is 47.0 Å². The molecule has 0 aliphatic carbocycles. The first-order valence-electron chi connectivity index (χ1n) is 10.4. The van der Waals surface area contributed by atoms with Crippen LogP contribution in [0.25, 0.3) is 0 Å². The first kappa shape index (κ1) is 21.3. The van der Waals surface area contributed by atoms with Gasteiger partial charge in [0.1, 0.15) is 5.82 Å². The predicted octanol–water partition coefficient (Wildman–Crippen LogP) is 3.05. The van der Waals surface area contributed by atoms with E-state index < -0.39 is 0 Å². The molecule has 0 saturated carbocycles. The van der Waals surface area contributed by atoms with Crippen molar-refractivity contribution >= 4 is 11.6 Å². The SMILES string of the molecule is CCN1CCN(c2ccc(F)cc2C(C)NC(=O)CCn2nc(C)cc2C)CC1. The van der Waals surface area contributed by atoms with E-state index in [0.29, 0.717) is 13.0 Å². The number of hydrogen-bond donors (Lipinski definition) is 1. The molecule has 1 unspecified atom stereocenters. The summed E-state index contributed by atoms with van der Waals surface area (Å²) in [5, 5.41) is 7.43. The Morgan fingerprint density at radius 2 is 1.93 bits per heavy atom. The van der Waals surface area contributed by atoms with Crippen molar-refractivity contribution in [3.63, 3.8) is 0 Å². The fourth-order valence-corrected chi connectivity index (χ4v) is 3.97. The van der Waals surface area contributed by atoms with E-state index in [0.717, 1.165) is 55.4 Å². The van der Waals surface area contributed by atoms with Gasteiger partial charge in [0.05, 0.1) is 11.7 Å². The molecule has 1 aliphatic heterocycles. The van der Waals surface area contributed by atoms with Crippen LogP contribution in [-0.4, -0.2) is 53.3 Å². The second-order valence-electron chi connectivity index (χ2n) is 7.81. The van der Waals surface area contributed by atoms with Crippen LogP contribution < -0.4 is 10.2 Å². The van der Waals surface area contributed by atoms with Crippen molar-refractivity contribution in [1.82, 2.24) is 20.0 Å². The summed E-state index contributed by atoms with van der Waals surface area (Å²) in [5.74, 6) is -0.337. The van der Waals surface area contributed by atoms with Crippen LogP contribution in [0.15, 0.2) is 24.3 Å². The minimum atomic E-state index is -0.278. The molecule has 1 aliphatic rings. The monoisotopic (exact) mass is 401 g/mol. The Balaban J connectivity index is 1.65. The van der Waals surface area contributed by atoms with Crippen LogP contribution in [0.1, 0.15) is 43.3 Å². The molecule has 0 bridgehead atoms. The maximum Gasteiger partial charge on any atom is 0.222 e. The van der Waals surface area contributed by atoms with Gasteiger partial charge in [-0.2, -0.15) is 5.10 Å². The molecule has 0 spiro atoms. The van der Waals surface area contributed by atoms with Gasteiger partial charge < -0.3 is 15.1 Å². The van der Waals surface area contributed by atoms with E-state index in [2.05, 4.69) is 27.1 Å². The van der Waals surface area contributed by atoms with Crippen LogP contribution in [0.3, 0.4) is 0 Å². The van der Waals surface area contributed by atoms with Gasteiger partial charge in [-0.15, -0.1) is 0 Å². The van der Waals surface area contributed by atoms with Crippen LogP contribution in [-0.2, 0) is 11.3 Å². The van der Waals surface area contributed by atoms with Gasteiger partial charge in [0, 0.05) is 56.1 Å². The molecule has 6 nitrogen and oxygen atoms in total. The molecule has 1 aromatic heterocycles. The minimum absolute atomic E-state index is 0.0592. The third-order valence-corrected chi connectivity index (χ3v) is 5.65. The molecule has 1 N–H and O–H groups in total. The molecule has 158 valence electrons. The molecule has 2 aromatic rings. The lowest BCUT2D eigenvalue weighted by Crippen LogP contribution is -2.46. The van der Waals surface area contributed by atoms with Crippen molar-refractivity contribution in [2.24, 2.45) is 0 Å². The number of carbonyl (C=O) groups is 1. The molecule has 2 heterocycles. The number of aryl methyl sites for hydroxylation is 3. The standard InChI is InChI=1S/C22H32FN5O/c1-5-26-10-12-27(13-11-26)21-7-6-19(23)15-20(21)18(4)24-22(29)8-9-28-17(3)14-16(2)25-28/h6-7,14-15,18H,5,8-13H2,1-4H3,(H,24,29). The molecule has 1 fully saturated rings. The summed E-state index contributed by atoms with van der Waals surface area (Å²) >= 11 is 0. The summed E-state index contributed by atoms with van der Waals surface area (Å²) in [6.45, 7) is 13.4. The fraction of sp³-hybridized carbons (Fsp3) is 0.545.